The first-order valence-corrected chi connectivity index (χ1v) is 16.0. The van der Waals surface area contributed by atoms with E-state index in [1.165, 1.54) is 0 Å². The van der Waals surface area contributed by atoms with Crippen LogP contribution in [0.25, 0.3) is 0 Å². The standard InChI is InChI=1S/C28H40Cl2N2O5S2/c1-25(2,3)39-38-15-14-31-23(35)19-11-9-10-18(16-19)22(29)26(4,5)17-28(8,27(6,7)30)24(36)37-32-20(33)12-13-21(32)34/h9-11,16,22H,12-15,17H2,1-8H3,(H,31,35). The van der Waals surface area contributed by atoms with Crippen molar-refractivity contribution in [2.45, 2.75) is 89.7 Å². The van der Waals surface area contributed by atoms with Crippen molar-refractivity contribution in [3.63, 3.8) is 0 Å². The highest BCUT2D eigenvalue weighted by Crippen LogP contribution is 2.52. The Bertz CT molecular complexity index is 1070. The van der Waals surface area contributed by atoms with Gasteiger partial charge in [-0.05, 0) is 50.3 Å². The second-order valence-corrected chi connectivity index (χ2v) is 16.8. The zero-order valence-electron chi connectivity index (χ0n) is 24.0. The zero-order valence-corrected chi connectivity index (χ0v) is 27.1. The summed E-state index contributed by atoms with van der Waals surface area (Å²) >= 11 is 13.7. The van der Waals surface area contributed by atoms with Gasteiger partial charge in [-0.15, -0.1) is 28.3 Å². The quantitative estimate of drug-likeness (QED) is 0.117. The molecule has 7 nitrogen and oxygen atoms in total. The van der Waals surface area contributed by atoms with E-state index in [0.717, 1.165) is 11.3 Å². The van der Waals surface area contributed by atoms with E-state index in [2.05, 4.69) is 26.1 Å². The molecule has 218 valence electrons. The van der Waals surface area contributed by atoms with Gasteiger partial charge in [0.25, 0.3) is 17.7 Å². The summed E-state index contributed by atoms with van der Waals surface area (Å²) in [6.07, 6.45) is 0.181. The molecular weight excluding hydrogens is 579 g/mol. The lowest BCUT2D eigenvalue weighted by Crippen LogP contribution is -2.50. The molecule has 1 aromatic carbocycles. The number of rotatable bonds is 12. The highest BCUT2D eigenvalue weighted by molar-refractivity contribution is 8.77. The molecule has 0 saturated carbocycles. The van der Waals surface area contributed by atoms with Gasteiger partial charge in [0.05, 0.1) is 15.7 Å². The van der Waals surface area contributed by atoms with Crippen LogP contribution in [0.4, 0.5) is 0 Å². The SMILES string of the molecule is CC(C)(C)SSCCNC(=O)c1cccc(C(Cl)C(C)(C)CC(C)(C(=O)ON2C(=O)CCC2=O)C(C)(C)Cl)c1. The van der Waals surface area contributed by atoms with Gasteiger partial charge >= 0.3 is 5.97 Å². The number of nitrogens with zero attached hydrogens (tertiary/aromatic N) is 1. The molecule has 1 aromatic rings. The lowest BCUT2D eigenvalue weighted by molar-refractivity contribution is -0.207. The Kier molecular flexibility index (Phi) is 11.3. The van der Waals surface area contributed by atoms with Crippen molar-refractivity contribution < 1.29 is 24.0 Å². The summed E-state index contributed by atoms with van der Waals surface area (Å²) < 4.78 is 0.152. The normalized spacial score (nSPS) is 17.1. The van der Waals surface area contributed by atoms with E-state index in [1.54, 1.807) is 60.6 Å². The van der Waals surface area contributed by atoms with E-state index in [-0.39, 0.29) is 29.9 Å². The number of hydroxylamine groups is 2. The highest BCUT2D eigenvalue weighted by atomic mass is 35.5. The Balaban J connectivity index is 2.16. The molecule has 2 unspecified atom stereocenters. The first kappa shape index (κ1) is 33.8. The van der Waals surface area contributed by atoms with E-state index in [9.17, 15) is 19.2 Å². The molecule has 39 heavy (non-hydrogen) atoms. The third kappa shape index (κ3) is 9.03. The molecule has 0 bridgehead atoms. The summed E-state index contributed by atoms with van der Waals surface area (Å²) in [5.41, 5.74) is -0.809. The van der Waals surface area contributed by atoms with Gasteiger partial charge in [0.2, 0.25) is 0 Å². The molecule has 0 aromatic heterocycles. The summed E-state index contributed by atoms with van der Waals surface area (Å²) in [5, 5.41) is 2.90. The fourth-order valence-corrected chi connectivity index (χ4v) is 6.72. The molecule has 11 heteroatoms. The van der Waals surface area contributed by atoms with Crippen LogP contribution in [0.5, 0.6) is 0 Å². The van der Waals surface area contributed by atoms with Crippen molar-refractivity contribution in [3.8, 4) is 0 Å². The van der Waals surface area contributed by atoms with Gasteiger partial charge in [-0.3, -0.25) is 14.4 Å². The average molecular weight is 620 g/mol. The predicted octanol–water partition coefficient (Wildman–Crippen LogP) is 6.92. The molecule has 1 heterocycles. The second-order valence-electron chi connectivity index (χ2n) is 12.2. The summed E-state index contributed by atoms with van der Waals surface area (Å²) in [5.74, 6) is -1.29. The predicted molar refractivity (Wildman–Crippen MR) is 161 cm³/mol. The number of carbonyl (C=O) groups is 4. The zero-order chi connectivity index (χ0) is 29.8. The second kappa shape index (κ2) is 13.0. The number of benzene rings is 1. The monoisotopic (exact) mass is 618 g/mol. The summed E-state index contributed by atoms with van der Waals surface area (Å²) in [6.45, 7) is 15.8. The Morgan fingerprint density at radius 2 is 1.64 bits per heavy atom. The first-order valence-electron chi connectivity index (χ1n) is 12.9. The van der Waals surface area contributed by atoms with Crippen LogP contribution in [0.3, 0.4) is 0 Å². The van der Waals surface area contributed by atoms with E-state index < -0.39 is 38.9 Å². The molecule has 2 rings (SSSR count). The first-order chi connectivity index (χ1) is 17.8. The molecule has 0 radical (unpaired) electrons. The fraction of sp³-hybridized carbons (Fsp3) is 0.643. The lowest BCUT2D eigenvalue weighted by Gasteiger charge is -2.44. The van der Waals surface area contributed by atoms with E-state index in [0.29, 0.717) is 17.2 Å². The number of hydrogen-bond acceptors (Lipinski definition) is 7. The fourth-order valence-electron chi connectivity index (χ4n) is 4.18. The number of carbonyl (C=O) groups excluding carboxylic acids is 4. The molecule has 0 spiro atoms. The minimum atomic E-state index is -1.31. The number of halogens is 2. The van der Waals surface area contributed by atoms with Crippen LogP contribution in [0.15, 0.2) is 24.3 Å². The van der Waals surface area contributed by atoms with Crippen LogP contribution in [-0.2, 0) is 19.2 Å². The van der Waals surface area contributed by atoms with Crippen LogP contribution in [0.2, 0.25) is 0 Å². The molecule has 2 atom stereocenters. The molecule has 1 N–H and O–H groups in total. The van der Waals surface area contributed by atoms with Crippen LogP contribution in [-0.4, -0.2) is 50.7 Å². The van der Waals surface area contributed by atoms with Crippen molar-refractivity contribution >= 4 is 68.5 Å². The van der Waals surface area contributed by atoms with Crippen LogP contribution >= 0.6 is 44.8 Å². The van der Waals surface area contributed by atoms with Crippen LogP contribution < -0.4 is 5.32 Å². The molecule has 3 amide bonds. The Morgan fingerprint density at radius 3 is 2.18 bits per heavy atom. The van der Waals surface area contributed by atoms with Gasteiger partial charge < -0.3 is 10.2 Å². The van der Waals surface area contributed by atoms with Crippen LogP contribution in [0.1, 0.15) is 96.0 Å². The molecule has 1 aliphatic heterocycles. The minimum absolute atomic E-state index is 0.000971. The van der Waals surface area contributed by atoms with Gasteiger partial charge in [-0.1, -0.05) is 68.3 Å². The van der Waals surface area contributed by atoms with Crippen molar-refractivity contribution in [1.82, 2.24) is 10.4 Å². The largest absolute Gasteiger partial charge is 0.351 e. The summed E-state index contributed by atoms with van der Waals surface area (Å²) in [7, 11) is 3.50. The molecular formula is C28H40Cl2N2O5S2. The van der Waals surface area contributed by atoms with Crippen molar-refractivity contribution in [3.05, 3.63) is 35.4 Å². The third-order valence-corrected chi connectivity index (χ3v) is 11.3. The third-order valence-electron chi connectivity index (χ3n) is 6.66. The lowest BCUT2D eigenvalue weighted by atomic mass is 9.65. The summed E-state index contributed by atoms with van der Waals surface area (Å²) in [4.78, 5) is 54.4. The van der Waals surface area contributed by atoms with Gasteiger partial charge in [-0.2, -0.15) is 0 Å². The molecule has 1 fully saturated rings. The summed E-state index contributed by atoms with van der Waals surface area (Å²) in [6, 6.07) is 7.12. The molecule has 1 aliphatic rings. The topological polar surface area (TPSA) is 92.8 Å². The van der Waals surface area contributed by atoms with Crippen molar-refractivity contribution in [2.75, 3.05) is 12.3 Å². The maximum Gasteiger partial charge on any atom is 0.340 e. The number of nitrogens with one attached hydrogen (secondary N) is 1. The molecule has 0 aliphatic carbocycles. The number of amides is 3. The van der Waals surface area contributed by atoms with Gasteiger partial charge in [0.1, 0.15) is 0 Å². The Hall–Kier alpha value is -1.42. The molecule has 1 saturated heterocycles. The van der Waals surface area contributed by atoms with Crippen molar-refractivity contribution in [1.29, 1.82) is 0 Å². The highest BCUT2D eigenvalue weighted by Gasteiger charge is 2.53. The van der Waals surface area contributed by atoms with Gasteiger partial charge in [-0.25, -0.2) is 4.79 Å². The van der Waals surface area contributed by atoms with Crippen LogP contribution in [0, 0.1) is 10.8 Å². The Labute approximate surface area is 250 Å². The number of imide groups is 1. The average Bonchev–Trinajstić information content (AvgIpc) is 3.13. The van der Waals surface area contributed by atoms with Gasteiger partial charge in [0, 0.05) is 35.4 Å². The van der Waals surface area contributed by atoms with Gasteiger partial charge in [0.15, 0.2) is 0 Å². The van der Waals surface area contributed by atoms with E-state index in [1.807, 2.05) is 19.9 Å². The van der Waals surface area contributed by atoms with Crippen molar-refractivity contribution in [2.24, 2.45) is 10.8 Å². The maximum absolute atomic E-state index is 13.4. The maximum atomic E-state index is 13.4. The van der Waals surface area contributed by atoms with E-state index >= 15 is 0 Å². The Morgan fingerprint density at radius 1 is 1.05 bits per heavy atom. The smallest absolute Gasteiger partial charge is 0.340 e. The number of hydrogen-bond donors (Lipinski definition) is 1. The van der Waals surface area contributed by atoms with E-state index in [4.69, 9.17) is 28.0 Å². The number of alkyl halides is 2. The minimum Gasteiger partial charge on any atom is -0.351 e.